The fourth-order valence-electron chi connectivity index (χ4n) is 4.06. The van der Waals surface area contributed by atoms with Crippen molar-refractivity contribution < 1.29 is 19.1 Å². The first kappa shape index (κ1) is 21.3. The van der Waals surface area contributed by atoms with Gasteiger partial charge in [-0.25, -0.2) is 4.68 Å². The molecule has 3 heterocycles. The first-order chi connectivity index (χ1) is 16.4. The zero-order chi connectivity index (χ0) is 23.8. The molecule has 34 heavy (non-hydrogen) atoms. The van der Waals surface area contributed by atoms with Gasteiger partial charge in [0.25, 0.3) is 11.8 Å². The van der Waals surface area contributed by atoms with Gasteiger partial charge in [0, 0.05) is 35.0 Å². The first-order valence-electron chi connectivity index (χ1n) is 10.8. The predicted molar refractivity (Wildman–Crippen MR) is 126 cm³/mol. The zero-order valence-corrected chi connectivity index (χ0v) is 18.7. The quantitative estimate of drug-likeness (QED) is 0.477. The molecular formula is C25H23N5O4. The highest BCUT2D eigenvalue weighted by Crippen LogP contribution is 2.33. The maximum absolute atomic E-state index is 13.1. The summed E-state index contributed by atoms with van der Waals surface area (Å²) in [5.41, 5.74) is 10.0. The third-order valence-electron chi connectivity index (χ3n) is 5.69. The van der Waals surface area contributed by atoms with Crippen LogP contribution < -0.4 is 20.5 Å². The molecule has 2 aromatic heterocycles. The number of carbonyl (C=O) groups excluding carboxylic acids is 2. The van der Waals surface area contributed by atoms with Gasteiger partial charge in [-0.3, -0.25) is 9.59 Å². The Morgan fingerprint density at radius 3 is 2.35 bits per heavy atom. The average Bonchev–Trinajstić information content (AvgIpc) is 3.44. The van der Waals surface area contributed by atoms with Gasteiger partial charge in [0.1, 0.15) is 18.9 Å². The lowest BCUT2D eigenvalue weighted by Gasteiger charge is -2.20. The van der Waals surface area contributed by atoms with Crippen molar-refractivity contribution in [2.24, 2.45) is 5.73 Å². The Morgan fingerprint density at radius 2 is 1.65 bits per heavy atom. The number of nitrogens with zero attached hydrogens (tertiary/aromatic N) is 3. The van der Waals surface area contributed by atoms with E-state index in [0.717, 1.165) is 28.5 Å². The largest absolute Gasteiger partial charge is 0.486 e. The summed E-state index contributed by atoms with van der Waals surface area (Å²) in [6.07, 6.45) is 1.65. The number of amides is 2. The molecule has 4 aromatic rings. The van der Waals surface area contributed by atoms with E-state index in [1.54, 1.807) is 41.2 Å². The molecule has 5 rings (SSSR count). The van der Waals surface area contributed by atoms with Crippen LogP contribution in [0.1, 0.15) is 32.2 Å². The van der Waals surface area contributed by atoms with Crippen molar-refractivity contribution in [1.82, 2.24) is 14.3 Å². The fourth-order valence-corrected chi connectivity index (χ4v) is 4.06. The van der Waals surface area contributed by atoms with Crippen LogP contribution in [-0.4, -0.2) is 39.4 Å². The number of aryl methyl sites for hydroxylation is 1. The van der Waals surface area contributed by atoms with Crippen molar-refractivity contribution in [3.8, 4) is 22.9 Å². The van der Waals surface area contributed by atoms with Crippen LogP contribution in [0, 0.1) is 13.8 Å². The number of primary amides is 1. The monoisotopic (exact) mass is 457 g/mol. The molecule has 1 aliphatic heterocycles. The summed E-state index contributed by atoms with van der Waals surface area (Å²) in [6, 6.07) is 16.3. The van der Waals surface area contributed by atoms with Crippen LogP contribution in [0.15, 0.2) is 60.8 Å². The number of fused-ring (bicyclic) bond motifs is 1. The molecule has 0 radical (unpaired) electrons. The molecule has 0 fully saturated rings. The number of nitrogens with one attached hydrogen (secondary N) is 1. The van der Waals surface area contributed by atoms with E-state index in [1.165, 1.54) is 0 Å². The Morgan fingerprint density at radius 1 is 0.941 bits per heavy atom. The van der Waals surface area contributed by atoms with Gasteiger partial charge in [0.15, 0.2) is 11.5 Å². The van der Waals surface area contributed by atoms with Gasteiger partial charge >= 0.3 is 0 Å². The molecule has 2 amide bonds. The Kier molecular flexibility index (Phi) is 5.29. The molecule has 172 valence electrons. The standard InChI is InChI=1S/C25H23N5O4/c1-15-13-20(16(2)30(15)19-7-8-22-23(14-19)34-12-11-33-22)25(32)27-17-3-5-18(6-4-17)29-10-9-21(28-29)24(26)31/h3-10,13-14H,11-12H2,1-2H3,(H2,26,31)(H,27,32). The highest BCUT2D eigenvalue weighted by Gasteiger charge is 2.19. The number of nitrogens with two attached hydrogens (primary N) is 1. The van der Waals surface area contributed by atoms with Crippen molar-refractivity contribution in [2.45, 2.75) is 13.8 Å². The van der Waals surface area contributed by atoms with E-state index < -0.39 is 5.91 Å². The average molecular weight is 457 g/mol. The van der Waals surface area contributed by atoms with E-state index >= 15 is 0 Å². The summed E-state index contributed by atoms with van der Waals surface area (Å²) in [7, 11) is 0. The fraction of sp³-hybridized carbons (Fsp3) is 0.160. The summed E-state index contributed by atoms with van der Waals surface area (Å²) >= 11 is 0. The van der Waals surface area contributed by atoms with Crippen LogP contribution in [0.3, 0.4) is 0 Å². The molecule has 9 nitrogen and oxygen atoms in total. The minimum atomic E-state index is -0.587. The Hall–Kier alpha value is -4.53. The zero-order valence-electron chi connectivity index (χ0n) is 18.7. The second kappa shape index (κ2) is 8.43. The Bertz CT molecular complexity index is 1400. The molecule has 0 spiro atoms. The van der Waals surface area contributed by atoms with Crippen LogP contribution in [0.4, 0.5) is 5.69 Å². The molecule has 3 N–H and O–H groups in total. The summed E-state index contributed by atoms with van der Waals surface area (Å²) < 4.78 is 14.9. The predicted octanol–water partition coefficient (Wildman–Crippen LogP) is 3.40. The lowest BCUT2D eigenvalue weighted by atomic mass is 10.2. The number of aromatic nitrogens is 3. The SMILES string of the molecule is Cc1cc(C(=O)Nc2ccc(-n3ccc(C(N)=O)n3)cc2)c(C)n1-c1ccc2c(c1)OCCO2. The van der Waals surface area contributed by atoms with Gasteiger partial charge in [-0.05, 0) is 62.4 Å². The van der Waals surface area contributed by atoms with Crippen LogP contribution in [-0.2, 0) is 0 Å². The maximum atomic E-state index is 13.1. The number of carbonyl (C=O) groups is 2. The van der Waals surface area contributed by atoms with E-state index in [4.69, 9.17) is 15.2 Å². The number of hydrogen-bond acceptors (Lipinski definition) is 5. The van der Waals surface area contributed by atoms with Crippen molar-refractivity contribution in [1.29, 1.82) is 0 Å². The second-order valence-electron chi connectivity index (χ2n) is 7.96. The molecule has 0 bridgehead atoms. The summed E-state index contributed by atoms with van der Waals surface area (Å²) in [4.78, 5) is 24.3. The molecule has 0 saturated heterocycles. The highest BCUT2D eigenvalue weighted by molar-refractivity contribution is 6.05. The van der Waals surface area contributed by atoms with Crippen molar-refractivity contribution in [3.63, 3.8) is 0 Å². The van der Waals surface area contributed by atoms with Crippen LogP contribution in [0.2, 0.25) is 0 Å². The number of anilines is 1. The number of rotatable bonds is 5. The Labute approximate surface area is 195 Å². The second-order valence-corrected chi connectivity index (χ2v) is 7.96. The molecule has 2 aromatic carbocycles. The number of hydrogen-bond donors (Lipinski definition) is 2. The molecule has 0 aliphatic carbocycles. The van der Waals surface area contributed by atoms with Gasteiger partial charge in [-0.1, -0.05) is 0 Å². The van der Waals surface area contributed by atoms with E-state index in [-0.39, 0.29) is 11.6 Å². The van der Waals surface area contributed by atoms with Crippen LogP contribution in [0.25, 0.3) is 11.4 Å². The van der Waals surface area contributed by atoms with E-state index in [9.17, 15) is 9.59 Å². The summed E-state index contributed by atoms with van der Waals surface area (Å²) in [5, 5.41) is 7.08. The summed E-state index contributed by atoms with van der Waals surface area (Å²) in [6.45, 7) is 4.92. The van der Waals surface area contributed by atoms with Gasteiger partial charge in [0.2, 0.25) is 0 Å². The van der Waals surface area contributed by atoms with E-state index in [0.29, 0.717) is 30.2 Å². The lowest BCUT2D eigenvalue weighted by molar-refractivity contribution is 0.0993. The highest BCUT2D eigenvalue weighted by atomic mass is 16.6. The number of benzene rings is 2. The molecule has 0 saturated carbocycles. The third kappa shape index (κ3) is 3.88. The van der Waals surface area contributed by atoms with Gasteiger partial charge in [-0.15, -0.1) is 0 Å². The topological polar surface area (TPSA) is 113 Å². The van der Waals surface area contributed by atoms with Crippen molar-refractivity contribution in [3.05, 3.63) is 83.4 Å². The van der Waals surface area contributed by atoms with Gasteiger partial charge in [0.05, 0.1) is 11.3 Å². The normalized spacial score (nSPS) is 12.4. The van der Waals surface area contributed by atoms with Crippen LogP contribution >= 0.6 is 0 Å². The molecule has 0 atom stereocenters. The molecule has 0 unspecified atom stereocenters. The Balaban J connectivity index is 1.36. The van der Waals surface area contributed by atoms with Gasteiger partial charge < -0.3 is 25.1 Å². The van der Waals surface area contributed by atoms with Crippen LogP contribution in [0.5, 0.6) is 11.5 Å². The first-order valence-corrected chi connectivity index (χ1v) is 10.8. The third-order valence-corrected chi connectivity index (χ3v) is 5.69. The van der Waals surface area contributed by atoms with Crippen molar-refractivity contribution in [2.75, 3.05) is 18.5 Å². The minimum absolute atomic E-state index is 0.186. The minimum Gasteiger partial charge on any atom is -0.486 e. The van der Waals surface area contributed by atoms with Gasteiger partial charge in [-0.2, -0.15) is 5.10 Å². The molecule has 1 aliphatic rings. The van der Waals surface area contributed by atoms with E-state index in [1.807, 2.05) is 42.7 Å². The molecule has 9 heteroatoms. The maximum Gasteiger partial charge on any atom is 0.269 e. The smallest absolute Gasteiger partial charge is 0.269 e. The summed E-state index contributed by atoms with van der Waals surface area (Å²) in [5.74, 6) is 0.624. The lowest BCUT2D eigenvalue weighted by Crippen LogP contribution is -2.16. The van der Waals surface area contributed by atoms with E-state index in [2.05, 4.69) is 10.4 Å². The number of ether oxygens (including phenoxy) is 2. The van der Waals surface area contributed by atoms with Crippen molar-refractivity contribution >= 4 is 17.5 Å². The molecular weight excluding hydrogens is 434 g/mol.